The van der Waals surface area contributed by atoms with Crippen LogP contribution < -0.4 is 10.5 Å². The van der Waals surface area contributed by atoms with E-state index in [0.717, 1.165) is 48.6 Å². The molecule has 0 aliphatic rings. The average Bonchev–Trinajstić information content (AvgIpc) is 2.41. The second kappa shape index (κ2) is 8.53. The second-order valence-electron chi connectivity index (χ2n) is 5.65. The average molecular weight is 298 g/mol. The van der Waals surface area contributed by atoms with Gasteiger partial charge in [0, 0.05) is 11.1 Å². The van der Waals surface area contributed by atoms with Gasteiger partial charge in [0.25, 0.3) is 0 Å². The Kier molecular flexibility index (Phi) is 7.39. The van der Waals surface area contributed by atoms with Crippen molar-refractivity contribution in [1.29, 1.82) is 0 Å². The van der Waals surface area contributed by atoms with Crippen molar-refractivity contribution in [2.75, 3.05) is 6.61 Å². The number of rotatable bonds is 8. The summed E-state index contributed by atoms with van der Waals surface area (Å²) in [6.45, 7) is 9.16. The molecule has 0 radical (unpaired) electrons. The minimum Gasteiger partial charge on any atom is -0.493 e. The van der Waals surface area contributed by atoms with E-state index >= 15 is 0 Å². The molecule has 2 nitrogen and oxygen atoms in total. The van der Waals surface area contributed by atoms with Gasteiger partial charge in [0.05, 0.1) is 6.61 Å². The maximum atomic E-state index is 6.30. The molecule has 20 heavy (non-hydrogen) atoms. The Morgan fingerprint density at radius 1 is 1.25 bits per heavy atom. The van der Waals surface area contributed by atoms with Gasteiger partial charge in [0.15, 0.2) is 0 Å². The third-order valence-corrected chi connectivity index (χ3v) is 4.06. The van der Waals surface area contributed by atoms with Gasteiger partial charge in [-0.25, -0.2) is 0 Å². The first kappa shape index (κ1) is 17.3. The topological polar surface area (TPSA) is 35.2 Å². The lowest BCUT2D eigenvalue weighted by Crippen LogP contribution is -2.16. The Labute approximate surface area is 128 Å². The van der Waals surface area contributed by atoms with Crippen LogP contribution in [0, 0.1) is 6.92 Å². The molecule has 1 aromatic carbocycles. The highest BCUT2D eigenvalue weighted by Gasteiger charge is 2.17. The quantitative estimate of drug-likeness (QED) is 0.728. The van der Waals surface area contributed by atoms with Crippen molar-refractivity contribution in [2.45, 2.75) is 65.3 Å². The van der Waals surface area contributed by atoms with Gasteiger partial charge in [0.2, 0.25) is 0 Å². The van der Waals surface area contributed by atoms with E-state index in [2.05, 4.69) is 32.9 Å². The molecule has 0 aliphatic carbocycles. The van der Waals surface area contributed by atoms with E-state index in [9.17, 15) is 0 Å². The summed E-state index contributed by atoms with van der Waals surface area (Å²) in [5, 5.41) is 0.822. The normalized spacial score (nSPS) is 14.1. The van der Waals surface area contributed by atoms with Crippen LogP contribution in [0.15, 0.2) is 12.1 Å². The second-order valence-corrected chi connectivity index (χ2v) is 6.05. The SMILES string of the molecule is CCCOc1cc(C)c(Cl)cc1C(CC)CCC(C)N. The third kappa shape index (κ3) is 4.99. The third-order valence-electron chi connectivity index (χ3n) is 3.66. The van der Waals surface area contributed by atoms with Crippen LogP contribution in [-0.2, 0) is 0 Å². The van der Waals surface area contributed by atoms with Gasteiger partial charge in [-0.15, -0.1) is 0 Å². The van der Waals surface area contributed by atoms with Gasteiger partial charge in [-0.05, 0) is 68.7 Å². The standard InChI is InChI=1S/C17H28ClNO/c1-5-9-20-17-10-12(3)16(18)11-15(17)14(6-2)8-7-13(4)19/h10-11,13-14H,5-9,19H2,1-4H3. The molecule has 2 atom stereocenters. The Bertz CT molecular complexity index is 418. The van der Waals surface area contributed by atoms with E-state index in [4.69, 9.17) is 22.1 Å². The summed E-state index contributed by atoms with van der Waals surface area (Å²) in [7, 11) is 0. The fraction of sp³-hybridized carbons (Fsp3) is 0.647. The van der Waals surface area contributed by atoms with Crippen LogP contribution in [0.3, 0.4) is 0 Å². The van der Waals surface area contributed by atoms with E-state index in [1.54, 1.807) is 0 Å². The molecule has 1 aromatic rings. The number of halogens is 1. The minimum atomic E-state index is 0.241. The number of ether oxygens (including phenoxy) is 1. The molecule has 114 valence electrons. The maximum Gasteiger partial charge on any atom is 0.123 e. The summed E-state index contributed by atoms with van der Waals surface area (Å²) >= 11 is 6.30. The number of benzene rings is 1. The van der Waals surface area contributed by atoms with Crippen molar-refractivity contribution in [3.05, 3.63) is 28.3 Å². The molecule has 1 rings (SSSR count). The fourth-order valence-corrected chi connectivity index (χ4v) is 2.54. The highest BCUT2D eigenvalue weighted by atomic mass is 35.5. The predicted molar refractivity (Wildman–Crippen MR) is 87.9 cm³/mol. The van der Waals surface area contributed by atoms with Crippen LogP contribution in [0.4, 0.5) is 0 Å². The zero-order valence-corrected chi connectivity index (χ0v) is 14.0. The van der Waals surface area contributed by atoms with Crippen molar-refractivity contribution in [2.24, 2.45) is 5.73 Å². The summed E-state index contributed by atoms with van der Waals surface area (Å²) in [5.74, 6) is 1.45. The summed E-state index contributed by atoms with van der Waals surface area (Å²) < 4.78 is 5.92. The van der Waals surface area contributed by atoms with Crippen molar-refractivity contribution in [3.8, 4) is 5.75 Å². The summed E-state index contributed by atoms with van der Waals surface area (Å²) in [4.78, 5) is 0. The van der Waals surface area contributed by atoms with E-state index < -0.39 is 0 Å². The van der Waals surface area contributed by atoms with Crippen LogP contribution in [0.1, 0.15) is 63.5 Å². The first-order valence-corrected chi connectivity index (χ1v) is 8.05. The minimum absolute atomic E-state index is 0.241. The molecule has 0 spiro atoms. The first-order valence-electron chi connectivity index (χ1n) is 7.67. The van der Waals surface area contributed by atoms with Crippen LogP contribution in [0.5, 0.6) is 5.75 Å². The van der Waals surface area contributed by atoms with Crippen molar-refractivity contribution >= 4 is 11.6 Å². The highest BCUT2D eigenvalue weighted by Crippen LogP contribution is 2.36. The van der Waals surface area contributed by atoms with Crippen LogP contribution in [0.25, 0.3) is 0 Å². The van der Waals surface area contributed by atoms with Crippen molar-refractivity contribution in [3.63, 3.8) is 0 Å². The molecule has 0 heterocycles. The number of hydrogen-bond donors (Lipinski definition) is 1. The molecule has 0 saturated carbocycles. The van der Waals surface area contributed by atoms with E-state index in [-0.39, 0.29) is 6.04 Å². The zero-order valence-electron chi connectivity index (χ0n) is 13.2. The number of nitrogens with two attached hydrogens (primary N) is 1. The number of aryl methyl sites for hydroxylation is 1. The summed E-state index contributed by atoms with van der Waals surface area (Å²) in [6.07, 6.45) is 4.19. The lowest BCUT2D eigenvalue weighted by Gasteiger charge is -2.21. The van der Waals surface area contributed by atoms with E-state index in [1.165, 1.54) is 5.56 Å². The molecular weight excluding hydrogens is 270 g/mol. The molecule has 0 fully saturated rings. The lowest BCUT2D eigenvalue weighted by atomic mass is 9.89. The van der Waals surface area contributed by atoms with E-state index in [1.807, 2.05) is 6.92 Å². The van der Waals surface area contributed by atoms with Crippen LogP contribution in [-0.4, -0.2) is 12.6 Å². The van der Waals surface area contributed by atoms with Gasteiger partial charge in [-0.1, -0.05) is 25.4 Å². The Balaban J connectivity index is 3.01. The van der Waals surface area contributed by atoms with Gasteiger partial charge in [-0.2, -0.15) is 0 Å². The smallest absolute Gasteiger partial charge is 0.123 e. The first-order chi connectivity index (χ1) is 9.49. The maximum absolute atomic E-state index is 6.30. The molecule has 2 N–H and O–H groups in total. The molecule has 0 amide bonds. The predicted octanol–water partition coefficient (Wildman–Crippen LogP) is 5.06. The van der Waals surface area contributed by atoms with Crippen LogP contribution >= 0.6 is 11.6 Å². The van der Waals surface area contributed by atoms with E-state index in [0.29, 0.717) is 5.92 Å². The van der Waals surface area contributed by atoms with Gasteiger partial charge in [0.1, 0.15) is 5.75 Å². The highest BCUT2D eigenvalue weighted by molar-refractivity contribution is 6.31. The lowest BCUT2D eigenvalue weighted by molar-refractivity contribution is 0.310. The van der Waals surface area contributed by atoms with Crippen molar-refractivity contribution in [1.82, 2.24) is 0 Å². The molecule has 0 aromatic heterocycles. The largest absolute Gasteiger partial charge is 0.493 e. The fourth-order valence-electron chi connectivity index (χ4n) is 2.37. The monoisotopic (exact) mass is 297 g/mol. The van der Waals surface area contributed by atoms with Crippen molar-refractivity contribution < 1.29 is 4.74 Å². The molecule has 2 unspecified atom stereocenters. The Hall–Kier alpha value is -0.730. The summed E-state index contributed by atoms with van der Waals surface area (Å²) in [5.41, 5.74) is 8.19. The number of hydrogen-bond acceptors (Lipinski definition) is 2. The van der Waals surface area contributed by atoms with Gasteiger partial charge >= 0.3 is 0 Å². The summed E-state index contributed by atoms with van der Waals surface area (Å²) in [6, 6.07) is 4.39. The molecule has 0 saturated heterocycles. The zero-order chi connectivity index (χ0) is 15.1. The van der Waals surface area contributed by atoms with Gasteiger partial charge in [-0.3, -0.25) is 0 Å². The molecule has 0 aliphatic heterocycles. The van der Waals surface area contributed by atoms with Gasteiger partial charge < -0.3 is 10.5 Å². The van der Waals surface area contributed by atoms with Crippen LogP contribution in [0.2, 0.25) is 5.02 Å². The molecular formula is C17H28ClNO. The molecule has 0 bridgehead atoms. The molecule has 3 heteroatoms. The Morgan fingerprint density at radius 2 is 1.95 bits per heavy atom. The Morgan fingerprint density at radius 3 is 2.50 bits per heavy atom.